The van der Waals surface area contributed by atoms with Gasteiger partial charge in [0.1, 0.15) is 5.75 Å². The van der Waals surface area contributed by atoms with E-state index in [0.717, 1.165) is 42.0 Å². The molecule has 98 valence electrons. The van der Waals surface area contributed by atoms with E-state index >= 15 is 0 Å². The standard InChI is InChI=1S/C15H15NO3/c1-19-11-7-5-10(6-8-11)16-9-13(15(17)18)12-3-2-4-14(12)16/h5-9H,2-4H2,1H3,(H,17,18). The highest BCUT2D eigenvalue weighted by molar-refractivity contribution is 5.90. The molecule has 0 saturated carbocycles. The molecule has 0 unspecified atom stereocenters. The van der Waals surface area contributed by atoms with Crippen LogP contribution in [-0.4, -0.2) is 22.8 Å². The number of hydrogen-bond acceptors (Lipinski definition) is 2. The Morgan fingerprint density at radius 3 is 2.63 bits per heavy atom. The van der Waals surface area contributed by atoms with E-state index in [1.807, 2.05) is 28.8 Å². The first-order chi connectivity index (χ1) is 9.20. The van der Waals surface area contributed by atoms with Gasteiger partial charge in [-0.25, -0.2) is 4.79 Å². The van der Waals surface area contributed by atoms with Gasteiger partial charge in [-0.2, -0.15) is 0 Å². The summed E-state index contributed by atoms with van der Waals surface area (Å²) >= 11 is 0. The van der Waals surface area contributed by atoms with Crippen LogP contribution in [0.2, 0.25) is 0 Å². The van der Waals surface area contributed by atoms with Gasteiger partial charge in [-0.3, -0.25) is 0 Å². The Balaban J connectivity index is 2.09. The van der Waals surface area contributed by atoms with E-state index in [2.05, 4.69) is 0 Å². The van der Waals surface area contributed by atoms with Gasteiger partial charge in [0, 0.05) is 17.6 Å². The second-order valence-electron chi connectivity index (χ2n) is 4.69. The van der Waals surface area contributed by atoms with Crippen LogP contribution in [-0.2, 0) is 12.8 Å². The Morgan fingerprint density at radius 2 is 2.00 bits per heavy atom. The van der Waals surface area contributed by atoms with Crippen LogP contribution in [0.4, 0.5) is 0 Å². The van der Waals surface area contributed by atoms with Crippen LogP contribution in [0.5, 0.6) is 5.75 Å². The van der Waals surface area contributed by atoms with Crippen molar-refractivity contribution in [3.63, 3.8) is 0 Å². The number of fused-ring (bicyclic) bond motifs is 1. The van der Waals surface area contributed by atoms with E-state index in [9.17, 15) is 9.90 Å². The number of aromatic nitrogens is 1. The summed E-state index contributed by atoms with van der Waals surface area (Å²) in [6, 6.07) is 7.67. The molecular weight excluding hydrogens is 242 g/mol. The van der Waals surface area contributed by atoms with Gasteiger partial charge in [-0.1, -0.05) is 0 Å². The highest BCUT2D eigenvalue weighted by Crippen LogP contribution is 2.30. The zero-order valence-electron chi connectivity index (χ0n) is 10.7. The molecule has 1 aromatic carbocycles. The van der Waals surface area contributed by atoms with Crippen LogP contribution >= 0.6 is 0 Å². The second-order valence-corrected chi connectivity index (χ2v) is 4.69. The molecule has 2 aromatic rings. The lowest BCUT2D eigenvalue weighted by Gasteiger charge is -2.08. The van der Waals surface area contributed by atoms with Crippen LogP contribution in [0.15, 0.2) is 30.5 Å². The molecule has 0 amide bonds. The smallest absolute Gasteiger partial charge is 0.337 e. The number of hydrogen-bond donors (Lipinski definition) is 1. The zero-order chi connectivity index (χ0) is 13.4. The quantitative estimate of drug-likeness (QED) is 0.919. The van der Waals surface area contributed by atoms with Gasteiger partial charge in [0.05, 0.1) is 12.7 Å². The highest BCUT2D eigenvalue weighted by atomic mass is 16.5. The van der Waals surface area contributed by atoms with Crippen molar-refractivity contribution in [1.82, 2.24) is 4.57 Å². The van der Waals surface area contributed by atoms with Gasteiger partial charge in [0.15, 0.2) is 0 Å². The van der Waals surface area contributed by atoms with Crippen LogP contribution in [0.3, 0.4) is 0 Å². The van der Waals surface area contributed by atoms with E-state index in [1.54, 1.807) is 13.3 Å². The molecule has 0 bridgehead atoms. The topological polar surface area (TPSA) is 51.5 Å². The SMILES string of the molecule is COc1ccc(-n2cc(C(=O)O)c3c2CCC3)cc1. The number of benzene rings is 1. The van der Waals surface area contributed by atoms with Crippen molar-refractivity contribution in [3.8, 4) is 11.4 Å². The van der Waals surface area contributed by atoms with E-state index in [-0.39, 0.29) is 0 Å². The molecule has 4 nitrogen and oxygen atoms in total. The van der Waals surface area contributed by atoms with Crippen LogP contribution in [0.1, 0.15) is 28.0 Å². The number of carbonyl (C=O) groups is 1. The lowest BCUT2D eigenvalue weighted by molar-refractivity contribution is 0.0696. The Morgan fingerprint density at radius 1 is 1.26 bits per heavy atom. The van der Waals surface area contributed by atoms with Gasteiger partial charge in [0.2, 0.25) is 0 Å². The maximum absolute atomic E-state index is 11.3. The number of methoxy groups -OCH3 is 1. The average molecular weight is 257 g/mol. The summed E-state index contributed by atoms with van der Waals surface area (Å²) in [7, 11) is 1.63. The minimum Gasteiger partial charge on any atom is -0.497 e. The zero-order valence-corrected chi connectivity index (χ0v) is 10.7. The number of rotatable bonds is 3. The van der Waals surface area contributed by atoms with Crippen molar-refractivity contribution in [2.45, 2.75) is 19.3 Å². The van der Waals surface area contributed by atoms with Gasteiger partial charge in [0.25, 0.3) is 0 Å². The van der Waals surface area contributed by atoms with E-state index in [1.165, 1.54) is 0 Å². The Labute approximate surface area is 111 Å². The van der Waals surface area contributed by atoms with Crippen molar-refractivity contribution in [2.75, 3.05) is 7.11 Å². The summed E-state index contributed by atoms with van der Waals surface area (Å²) in [5, 5.41) is 9.26. The number of carboxylic acids is 1. The van der Waals surface area contributed by atoms with Gasteiger partial charge >= 0.3 is 5.97 Å². The third kappa shape index (κ3) is 1.89. The molecule has 3 rings (SSSR count). The predicted octanol–water partition coefficient (Wildman–Crippen LogP) is 2.67. The molecule has 1 aliphatic carbocycles. The Hall–Kier alpha value is -2.23. The number of carboxylic acid groups (broad SMARTS) is 1. The molecule has 0 atom stereocenters. The lowest BCUT2D eigenvalue weighted by atomic mass is 10.1. The molecule has 0 saturated heterocycles. The predicted molar refractivity (Wildman–Crippen MR) is 71.3 cm³/mol. The van der Waals surface area contributed by atoms with Crippen molar-refractivity contribution < 1.29 is 14.6 Å². The summed E-state index contributed by atoms with van der Waals surface area (Å²) in [4.78, 5) is 11.3. The summed E-state index contributed by atoms with van der Waals surface area (Å²) in [6.45, 7) is 0. The summed E-state index contributed by atoms with van der Waals surface area (Å²) in [6.07, 6.45) is 4.56. The van der Waals surface area contributed by atoms with Crippen molar-refractivity contribution in [1.29, 1.82) is 0 Å². The molecule has 1 heterocycles. The minimum absolute atomic E-state index is 0.434. The molecule has 0 aliphatic heterocycles. The third-order valence-corrected chi connectivity index (χ3v) is 3.64. The highest BCUT2D eigenvalue weighted by Gasteiger charge is 2.24. The first kappa shape index (κ1) is 11.8. The van der Waals surface area contributed by atoms with E-state index in [0.29, 0.717) is 5.56 Å². The second kappa shape index (κ2) is 4.46. The molecule has 0 radical (unpaired) electrons. The number of aromatic carboxylic acids is 1. The number of ether oxygens (including phenoxy) is 1. The number of nitrogens with zero attached hydrogens (tertiary/aromatic N) is 1. The first-order valence-electron chi connectivity index (χ1n) is 6.31. The maximum Gasteiger partial charge on any atom is 0.337 e. The van der Waals surface area contributed by atoms with E-state index < -0.39 is 5.97 Å². The summed E-state index contributed by atoms with van der Waals surface area (Å²) in [5.41, 5.74) is 3.53. The van der Waals surface area contributed by atoms with Gasteiger partial charge in [-0.15, -0.1) is 0 Å². The largest absolute Gasteiger partial charge is 0.497 e. The van der Waals surface area contributed by atoms with Crippen molar-refractivity contribution in [2.24, 2.45) is 0 Å². The summed E-state index contributed by atoms with van der Waals surface area (Å²) < 4.78 is 7.13. The Bertz CT molecular complexity index is 626. The van der Waals surface area contributed by atoms with Gasteiger partial charge < -0.3 is 14.4 Å². The maximum atomic E-state index is 11.3. The van der Waals surface area contributed by atoms with Crippen molar-refractivity contribution >= 4 is 5.97 Å². The normalized spacial score (nSPS) is 13.3. The van der Waals surface area contributed by atoms with Crippen molar-refractivity contribution in [3.05, 3.63) is 47.3 Å². The minimum atomic E-state index is -0.842. The van der Waals surface area contributed by atoms with Crippen LogP contribution < -0.4 is 4.74 Å². The Kier molecular flexibility index (Phi) is 2.78. The molecule has 1 aromatic heterocycles. The molecule has 19 heavy (non-hydrogen) atoms. The van der Waals surface area contributed by atoms with Crippen LogP contribution in [0, 0.1) is 0 Å². The molecule has 1 aliphatic rings. The molecule has 0 spiro atoms. The van der Waals surface area contributed by atoms with Crippen LogP contribution in [0.25, 0.3) is 5.69 Å². The van der Waals surface area contributed by atoms with Gasteiger partial charge in [-0.05, 0) is 49.1 Å². The molecule has 4 heteroatoms. The first-order valence-corrected chi connectivity index (χ1v) is 6.31. The fourth-order valence-corrected chi connectivity index (χ4v) is 2.73. The monoisotopic (exact) mass is 257 g/mol. The molecule has 0 fully saturated rings. The fraction of sp³-hybridized carbons (Fsp3) is 0.267. The fourth-order valence-electron chi connectivity index (χ4n) is 2.73. The molecule has 1 N–H and O–H groups in total. The third-order valence-electron chi connectivity index (χ3n) is 3.64. The van der Waals surface area contributed by atoms with E-state index in [4.69, 9.17) is 4.74 Å². The summed E-state index contributed by atoms with van der Waals surface area (Å²) in [5.74, 6) is -0.0450. The molecular formula is C15H15NO3. The average Bonchev–Trinajstić information content (AvgIpc) is 3.00. The lowest BCUT2D eigenvalue weighted by Crippen LogP contribution is -1.98.